The summed E-state index contributed by atoms with van der Waals surface area (Å²) in [4.78, 5) is 25.9. The van der Waals surface area contributed by atoms with Crippen LogP contribution in [-0.2, 0) is 10.9 Å². The molecule has 0 N–H and O–H groups in total. The Morgan fingerprint density at radius 3 is 2.38 bits per heavy atom. The van der Waals surface area contributed by atoms with Crippen LogP contribution in [0.4, 0.5) is 17.6 Å². The minimum Gasteiger partial charge on any atom is -0.489 e. The molecule has 3 rings (SSSR count). The minimum atomic E-state index is -4.87. The van der Waals surface area contributed by atoms with Crippen molar-refractivity contribution in [3.63, 3.8) is 0 Å². The van der Waals surface area contributed by atoms with Crippen molar-refractivity contribution >= 4 is 11.9 Å². The van der Waals surface area contributed by atoms with E-state index in [0.29, 0.717) is 4.68 Å². The number of para-hydroxylation sites is 1. The number of aromatic nitrogens is 2. The Kier molecular flexibility index (Phi) is 7.54. The van der Waals surface area contributed by atoms with E-state index >= 15 is 0 Å². The highest BCUT2D eigenvalue weighted by molar-refractivity contribution is 5.94. The van der Waals surface area contributed by atoms with Crippen LogP contribution in [0.2, 0.25) is 0 Å². The standard InChI is InChI=1S/C23H21F4N3O4/c1-3-33-22(32)17-14-28-30(20(17)23(25,26)27)16-10-8-15(9-11-16)21(31)29(2)12-13-34-19-7-5-4-6-18(19)24/h4-11,14H,3,12-13H2,1-2H3. The van der Waals surface area contributed by atoms with Gasteiger partial charge in [0, 0.05) is 12.6 Å². The molecule has 0 spiro atoms. The van der Waals surface area contributed by atoms with Gasteiger partial charge in [0.15, 0.2) is 17.3 Å². The molecule has 0 unspecified atom stereocenters. The lowest BCUT2D eigenvalue weighted by molar-refractivity contribution is -0.143. The monoisotopic (exact) mass is 479 g/mol. The highest BCUT2D eigenvalue weighted by atomic mass is 19.4. The quantitative estimate of drug-likeness (QED) is 0.355. The summed E-state index contributed by atoms with van der Waals surface area (Å²) in [6.45, 7) is 1.58. The molecule has 3 aromatic rings. The number of amides is 1. The lowest BCUT2D eigenvalue weighted by Crippen LogP contribution is -2.31. The van der Waals surface area contributed by atoms with E-state index in [2.05, 4.69) is 9.84 Å². The molecule has 34 heavy (non-hydrogen) atoms. The summed E-state index contributed by atoms with van der Waals surface area (Å²) < 4.78 is 65.1. The molecule has 0 saturated heterocycles. The number of likely N-dealkylation sites (N-methyl/N-ethyl adjacent to an activating group) is 1. The summed E-state index contributed by atoms with van der Waals surface area (Å²) in [5, 5.41) is 3.70. The van der Waals surface area contributed by atoms with Gasteiger partial charge in [0.05, 0.1) is 25.0 Å². The summed E-state index contributed by atoms with van der Waals surface area (Å²) in [5.74, 6) is -2.00. The topological polar surface area (TPSA) is 73.7 Å². The number of rotatable bonds is 8. The van der Waals surface area contributed by atoms with E-state index in [-0.39, 0.29) is 36.8 Å². The Labute approximate surface area is 192 Å². The van der Waals surface area contributed by atoms with Crippen molar-refractivity contribution < 1.29 is 36.6 Å². The zero-order valence-electron chi connectivity index (χ0n) is 18.3. The molecule has 0 saturated carbocycles. The molecule has 1 heterocycles. The number of esters is 1. The second-order valence-electron chi connectivity index (χ2n) is 7.09. The van der Waals surface area contributed by atoms with E-state index < -0.39 is 35.1 Å². The van der Waals surface area contributed by atoms with Gasteiger partial charge in [-0.1, -0.05) is 12.1 Å². The molecule has 1 aromatic heterocycles. The minimum absolute atomic E-state index is 0.00460. The molecule has 0 radical (unpaired) electrons. The van der Waals surface area contributed by atoms with Gasteiger partial charge in [-0.3, -0.25) is 4.79 Å². The van der Waals surface area contributed by atoms with Gasteiger partial charge in [-0.2, -0.15) is 18.3 Å². The molecule has 0 atom stereocenters. The van der Waals surface area contributed by atoms with Crippen molar-refractivity contribution in [2.75, 3.05) is 26.8 Å². The maximum atomic E-state index is 13.6. The number of carbonyl (C=O) groups excluding carboxylic acids is 2. The average molecular weight is 479 g/mol. The Morgan fingerprint density at radius 2 is 1.76 bits per heavy atom. The number of hydrogen-bond acceptors (Lipinski definition) is 5. The number of alkyl halides is 3. The van der Waals surface area contributed by atoms with Gasteiger partial charge in [-0.25, -0.2) is 13.9 Å². The van der Waals surface area contributed by atoms with E-state index in [4.69, 9.17) is 4.74 Å². The van der Waals surface area contributed by atoms with Crippen molar-refractivity contribution in [3.05, 3.63) is 77.4 Å². The van der Waals surface area contributed by atoms with Crippen molar-refractivity contribution in [2.24, 2.45) is 0 Å². The van der Waals surface area contributed by atoms with Gasteiger partial charge >= 0.3 is 12.1 Å². The van der Waals surface area contributed by atoms with Gasteiger partial charge in [0.2, 0.25) is 0 Å². The smallest absolute Gasteiger partial charge is 0.434 e. The van der Waals surface area contributed by atoms with Crippen molar-refractivity contribution in [1.29, 1.82) is 0 Å². The molecule has 2 aromatic carbocycles. The Hall–Kier alpha value is -3.89. The Balaban J connectivity index is 1.73. The van der Waals surface area contributed by atoms with Crippen LogP contribution in [0, 0.1) is 5.82 Å². The lowest BCUT2D eigenvalue weighted by atomic mass is 10.1. The molecule has 0 aliphatic carbocycles. The summed E-state index contributed by atoms with van der Waals surface area (Å²) in [6, 6.07) is 11.1. The molecule has 180 valence electrons. The number of halogens is 4. The van der Waals surface area contributed by atoms with Crippen molar-refractivity contribution in [3.8, 4) is 11.4 Å². The fraction of sp³-hybridized carbons (Fsp3) is 0.261. The van der Waals surface area contributed by atoms with Crippen LogP contribution in [0.1, 0.15) is 33.3 Å². The van der Waals surface area contributed by atoms with Crippen LogP contribution >= 0.6 is 0 Å². The number of benzene rings is 2. The third kappa shape index (κ3) is 5.53. The number of ether oxygens (including phenoxy) is 2. The Bertz CT molecular complexity index is 1160. The first-order valence-electron chi connectivity index (χ1n) is 10.2. The van der Waals surface area contributed by atoms with Gasteiger partial charge in [-0.05, 0) is 43.3 Å². The number of nitrogens with zero attached hydrogens (tertiary/aromatic N) is 3. The third-order valence-corrected chi connectivity index (χ3v) is 4.76. The van der Waals surface area contributed by atoms with Gasteiger partial charge < -0.3 is 14.4 Å². The zero-order chi connectivity index (χ0) is 24.9. The van der Waals surface area contributed by atoms with E-state index in [9.17, 15) is 27.2 Å². The first kappa shape index (κ1) is 24.7. The summed E-state index contributed by atoms with van der Waals surface area (Å²) in [7, 11) is 1.52. The molecule has 0 fully saturated rings. The van der Waals surface area contributed by atoms with Crippen molar-refractivity contribution in [1.82, 2.24) is 14.7 Å². The molecule has 0 bridgehead atoms. The van der Waals surface area contributed by atoms with Gasteiger partial charge in [0.1, 0.15) is 12.2 Å². The number of carbonyl (C=O) groups is 2. The highest BCUT2D eigenvalue weighted by Crippen LogP contribution is 2.34. The Morgan fingerprint density at radius 1 is 1.09 bits per heavy atom. The van der Waals surface area contributed by atoms with Crippen LogP contribution in [0.25, 0.3) is 5.69 Å². The maximum absolute atomic E-state index is 13.6. The van der Waals surface area contributed by atoms with Crippen molar-refractivity contribution in [2.45, 2.75) is 13.1 Å². The second kappa shape index (κ2) is 10.4. The molecule has 11 heteroatoms. The average Bonchev–Trinajstić information content (AvgIpc) is 3.26. The number of hydrogen-bond donors (Lipinski definition) is 0. The van der Waals surface area contributed by atoms with Crippen LogP contribution in [0.5, 0.6) is 5.75 Å². The van der Waals surface area contributed by atoms with E-state index in [1.165, 1.54) is 61.3 Å². The summed E-state index contributed by atoms with van der Waals surface area (Å²) in [6.07, 6.45) is -4.07. The van der Waals surface area contributed by atoms with E-state index in [0.717, 1.165) is 6.20 Å². The predicted octanol–water partition coefficient (Wildman–Crippen LogP) is 4.36. The van der Waals surface area contributed by atoms with Crippen LogP contribution in [-0.4, -0.2) is 53.4 Å². The van der Waals surface area contributed by atoms with E-state index in [1.807, 2.05) is 0 Å². The fourth-order valence-corrected chi connectivity index (χ4v) is 3.10. The normalized spacial score (nSPS) is 11.2. The lowest BCUT2D eigenvalue weighted by Gasteiger charge is -2.18. The molecular formula is C23H21F4N3O4. The predicted molar refractivity (Wildman–Crippen MR) is 113 cm³/mol. The maximum Gasteiger partial charge on any atom is 0.434 e. The molecular weight excluding hydrogens is 458 g/mol. The molecule has 0 aliphatic heterocycles. The van der Waals surface area contributed by atoms with E-state index in [1.54, 1.807) is 6.07 Å². The first-order valence-corrected chi connectivity index (χ1v) is 10.2. The largest absolute Gasteiger partial charge is 0.489 e. The fourth-order valence-electron chi connectivity index (χ4n) is 3.10. The summed E-state index contributed by atoms with van der Waals surface area (Å²) >= 11 is 0. The van der Waals surface area contributed by atoms with Crippen LogP contribution in [0.3, 0.4) is 0 Å². The van der Waals surface area contributed by atoms with Crippen LogP contribution in [0.15, 0.2) is 54.7 Å². The second-order valence-corrected chi connectivity index (χ2v) is 7.09. The zero-order valence-corrected chi connectivity index (χ0v) is 18.3. The first-order chi connectivity index (χ1) is 16.1. The molecule has 0 aliphatic rings. The SMILES string of the molecule is CCOC(=O)c1cnn(-c2ccc(C(=O)N(C)CCOc3ccccc3F)cc2)c1C(F)(F)F. The summed E-state index contributed by atoms with van der Waals surface area (Å²) in [5.41, 5.74) is -1.76. The highest BCUT2D eigenvalue weighted by Gasteiger charge is 2.41. The molecule has 7 nitrogen and oxygen atoms in total. The van der Waals surface area contributed by atoms with Crippen LogP contribution < -0.4 is 4.74 Å². The van der Waals surface area contributed by atoms with Gasteiger partial charge in [-0.15, -0.1) is 0 Å². The third-order valence-electron chi connectivity index (χ3n) is 4.76. The molecule has 1 amide bonds. The van der Waals surface area contributed by atoms with Gasteiger partial charge in [0.25, 0.3) is 5.91 Å².